The van der Waals surface area contributed by atoms with Crippen LogP contribution in [0.3, 0.4) is 0 Å². The molecular weight excluding hydrogens is 258 g/mol. The molecule has 20 heavy (non-hydrogen) atoms. The quantitative estimate of drug-likeness (QED) is 0.430. The van der Waals surface area contributed by atoms with Crippen LogP contribution in [0, 0.1) is 11.3 Å². The second-order valence-electron chi connectivity index (χ2n) is 4.66. The maximum absolute atomic E-state index is 11.9. The average molecular weight is 279 g/mol. The summed E-state index contributed by atoms with van der Waals surface area (Å²) in [6.45, 7) is 1.96. The molecule has 1 rings (SSSR count). The first-order valence-electron chi connectivity index (χ1n) is 6.97. The molecule has 0 saturated heterocycles. The second kappa shape index (κ2) is 8.97. The molecule has 0 aromatic rings. The third-order valence-electron chi connectivity index (χ3n) is 3.10. The number of nitrogens with one attached hydrogen (secondary N) is 2. The lowest BCUT2D eigenvalue weighted by atomic mass is 9.95. The molecule has 0 spiro atoms. The van der Waals surface area contributed by atoms with Gasteiger partial charge in [0.05, 0.1) is 6.61 Å². The standard InChI is InChI=1S/C14H21N3O3/c1-2-20-13(18)10-16-9-11(8-15)14(19)17-12-6-4-3-5-7-12/h9,12,16H,2-7,10H2,1H3,(H,17,19)/b11-9-. The molecular formula is C14H21N3O3. The number of nitriles is 1. The van der Waals surface area contributed by atoms with Crippen molar-refractivity contribution in [1.29, 1.82) is 5.26 Å². The van der Waals surface area contributed by atoms with Crippen molar-refractivity contribution in [1.82, 2.24) is 10.6 Å². The van der Waals surface area contributed by atoms with E-state index in [1.807, 2.05) is 6.07 Å². The van der Waals surface area contributed by atoms with E-state index in [0.29, 0.717) is 6.61 Å². The number of ether oxygens (including phenoxy) is 1. The number of rotatable bonds is 6. The fourth-order valence-electron chi connectivity index (χ4n) is 2.11. The minimum Gasteiger partial charge on any atom is -0.465 e. The van der Waals surface area contributed by atoms with Gasteiger partial charge in [-0.2, -0.15) is 5.26 Å². The third-order valence-corrected chi connectivity index (χ3v) is 3.10. The minimum atomic E-state index is -0.422. The Morgan fingerprint density at radius 2 is 2.05 bits per heavy atom. The Hall–Kier alpha value is -2.03. The number of hydrogen-bond donors (Lipinski definition) is 2. The molecule has 0 aromatic carbocycles. The van der Waals surface area contributed by atoms with Crippen molar-refractivity contribution in [3.8, 4) is 6.07 Å². The minimum absolute atomic E-state index is 0.0279. The van der Waals surface area contributed by atoms with E-state index in [-0.39, 0.29) is 18.2 Å². The van der Waals surface area contributed by atoms with Crippen molar-refractivity contribution in [3.05, 3.63) is 11.8 Å². The Labute approximate surface area is 119 Å². The molecule has 0 aliphatic heterocycles. The lowest BCUT2D eigenvalue weighted by molar-refractivity contribution is -0.141. The molecule has 0 atom stereocenters. The molecule has 6 nitrogen and oxygen atoms in total. The van der Waals surface area contributed by atoms with Crippen LogP contribution in [0.15, 0.2) is 11.8 Å². The monoisotopic (exact) mass is 279 g/mol. The van der Waals surface area contributed by atoms with Gasteiger partial charge >= 0.3 is 5.97 Å². The molecule has 0 unspecified atom stereocenters. The van der Waals surface area contributed by atoms with E-state index in [4.69, 9.17) is 10.00 Å². The zero-order valence-electron chi connectivity index (χ0n) is 11.8. The van der Waals surface area contributed by atoms with Crippen LogP contribution in [0.2, 0.25) is 0 Å². The summed E-state index contributed by atoms with van der Waals surface area (Å²) in [4.78, 5) is 23.0. The van der Waals surface area contributed by atoms with Crippen molar-refractivity contribution >= 4 is 11.9 Å². The topological polar surface area (TPSA) is 91.2 Å². The Morgan fingerprint density at radius 3 is 2.65 bits per heavy atom. The number of nitrogens with zero attached hydrogens (tertiary/aromatic N) is 1. The van der Waals surface area contributed by atoms with Gasteiger partial charge in [0, 0.05) is 12.2 Å². The molecule has 0 aromatic heterocycles. The highest BCUT2D eigenvalue weighted by atomic mass is 16.5. The summed E-state index contributed by atoms with van der Waals surface area (Å²) in [6.07, 6.45) is 6.60. The number of carbonyl (C=O) groups is 2. The molecule has 1 aliphatic carbocycles. The van der Waals surface area contributed by atoms with Gasteiger partial charge in [0.25, 0.3) is 5.91 Å². The van der Waals surface area contributed by atoms with E-state index in [1.165, 1.54) is 12.6 Å². The van der Waals surface area contributed by atoms with Gasteiger partial charge in [-0.15, -0.1) is 0 Å². The van der Waals surface area contributed by atoms with Gasteiger partial charge in [-0.05, 0) is 19.8 Å². The number of carbonyl (C=O) groups excluding carboxylic acids is 2. The molecule has 0 bridgehead atoms. The summed E-state index contributed by atoms with van der Waals surface area (Å²) in [7, 11) is 0. The zero-order chi connectivity index (χ0) is 14.8. The first-order chi connectivity index (χ1) is 9.67. The fourth-order valence-corrected chi connectivity index (χ4v) is 2.11. The lowest BCUT2D eigenvalue weighted by Gasteiger charge is -2.22. The molecule has 1 fully saturated rings. The Balaban J connectivity index is 2.41. The molecule has 1 aliphatic rings. The Bertz CT molecular complexity index is 406. The van der Waals surface area contributed by atoms with E-state index in [1.54, 1.807) is 6.92 Å². The summed E-state index contributed by atoms with van der Waals surface area (Å²) < 4.78 is 4.73. The summed E-state index contributed by atoms with van der Waals surface area (Å²) in [5.41, 5.74) is -0.0279. The van der Waals surface area contributed by atoms with Crippen LogP contribution in [-0.2, 0) is 14.3 Å². The molecule has 0 radical (unpaired) electrons. The predicted octanol–water partition coefficient (Wildman–Crippen LogP) is 0.995. The Kier molecular flexibility index (Phi) is 7.18. The molecule has 1 saturated carbocycles. The lowest BCUT2D eigenvalue weighted by Crippen LogP contribution is -2.37. The molecule has 6 heteroatoms. The third kappa shape index (κ3) is 5.74. The Morgan fingerprint density at radius 1 is 1.35 bits per heavy atom. The van der Waals surface area contributed by atoms with E-state index in [9.17, 15) is 9.59 Å². The van der Waals surface area contributed by atoms with Gasteiger partial charge in [-0.25, -0.2) is 0 Å². The van der Waals surface area contributed by atoms with Gasteiger partial charge < -0.3 is 15.4 Å². The highest BCUT2D eigenvalue weighted by Gasteiger charge is 2.17. The van der Waals surface area contributed by atoms with E-state index < -0.39 is 11.9 Å². The number of amides is 1. The van der Waals surface area contributed by atoms with Crippen LogP contribution in [-0.4, -0.2) is 31.1 Å². The van der Waals surface area contributed by atoms with Gasteiger partial charge in [0.1, 0.15) is 18.2 Å². The van der Waals surface area contributed by atoms with Crippen molar-refractivity contribution < 1.29 is 14.3 Å². The summed E-state index contributed by atoms with van der Waals surface area (Å²) in [5, 5.41) is 14.4. The van der Waals surface area contributed by atoms with E-state index in [0.717, 1.165) is 25.7 Å². The average Bonchev–Trinajstić information content (AvgIpc) is 2.45. The molecule has 110 valence electrons. The van der Waals surface area contributed by atoms with Crippen molar-refractivity contribution in [3.63, 3.8) is 0 Å². The summed E-state index contributed by atoms with van der Waals surface area (Å²) >= 11 is 0. The largest absolute Gasteiger partial charge is 0.465 e. The van der Waals surface area contributed by atoms with Crippen LogP contribution in [0.25, 0.3) is 0 Å². The van der Waals surface area contributed by atoms with Crippen molar-refractivity contribution in [2.75, 3.05) is 13.2 Å². The van der Waals surface area contributed by atoms with Gasteiger partial charge in [0.15, 0.2) is 0 Å². The van der Waals surface area contributed by atoms with Gasteiger partial charge in [-0.3, -0.25) is 9.59 Å². The highest BCUT2D eigenvalue weighted by Crippen LogP contribution is 2.17. The first kappa shape index (κ1) is 16.0. The SMILES string of the molecule is CCOC(=O)CN/C=C(/C#N)C(=O)NC1CCCCC1. The normalized spacial score (nSPS) is 16.1. The number of esters is 1. The molecule has 1 amide bonds. The van der Waals surface area contributed by atoms with Crippen LogP contribution < -0.4 is 10.6 Å². The maximum atomic E-state index is 11.9. The fraction of sp³-hybridized carbons (Fsp3) is 0.643. The molecule has 2 N–H and O–H groups in total. The predicted molar refractivity (Wildman–Crippen MR) is 73.3 cm³/mol. The zero-order valence-corrected chi connectivity index (χ0v) is 11.8. The summed E-state index contributed by atoms with van der Waals surface area (Å²) in [6, 6.07) is 1.98. The van der Waals surface area contributed by atoms with Crippen LogP contribution >= 0.6 is 0 Å². The summed E-state index contributed by atoms with van der Waals surface area (Å²) in [5.74, 6) is -0.815. The second-order valence-corrected chi connectivity index (χ2v) is 4.66. The van der Waals surface area contributed by atoms with E-state index >= 15 is 0 Å². The smallest absolute Gasteiger partial charge is 0.325 e. The van der Waals surface area contributed by atoms with Crippen LogP contribution in [0.5, 0.6) is 0 Å². The first-order valence-corrected chi connectivity index (χ1v) is 6.97. The van der Waals surface area contributed by atoms with Crippen LogP contribution in [0.1, 0.15) is 39.0 Å². The van der Waals surface area contributed by atoms with Gasteiger partial charge in [-0.1, -0.05) is 19.3 Å². The maximum Gasteiger partial charge on any atom is 0.325 e. The van der Waals surface area contributed by atoms with E-state index in [2.05, 4.69) is 10.6 Å². The van der Waals surface area contributed by atoms with Crippen molar-refractivity contribution in [2.24, 2.45) is 0 Å². The van der Waals surface area contributed by atoms with Gasteiger partial charge in [0.2, 0.25) is 0 Å². The van der Waals surface area contributed by atoms with Crippen molar-refractivity contribution in [2.45, 2.75) is 45.1 Å². The molecule has 0 heterocycles. The highest BCUT2D eigenvalue weighted by molar-refractivity contribution is 5.97. The number of hydrogen-bond acceptors (Lipinski definition) is 5. The van der Waals surface area contributed by atoms with Crippen LogP contribution in [0.4, 0.5) is 0 Å².